The highest BCUT2D eigenvalue weighted by Crippen LogP contribution is 2.28. The minimum atomic E-state index is 0.0834. The van der Waals surface area contributed by atoms with Crippen LogP contribution in [0.5, 0.6) is 0 Å². The van der Waals surface area contributed by atoms with E-state index in [0.717, 1.165) is 29.7 Å². The molecule has 106 valence electrons. The molecule has 0 heterocycles. The molecule has 0 saturated heterocycles. The predicted octanol–water partition coefficient (Wildman–Crippen LogP) is 3.72. The zero-order valence-electron chi connectivity index (χ0n) is 11.8. The van der Waals surface area contributed by atoms with Crippen molar-refractivity contribution in [3.8, 4) is 0 Å². The number of hydrogen-bond acceptors (Lipinski definition) is 2. The Morgan fingerprint density at radius 3 is 2.75 bits per heavy atom. The van der Waals surface area contributed by atoms with Crippen LogP contribution in [0.2, 0.25) is 0 Å². The van der Waals surface area contributed by atoms with Gasteiger partial charge in [-0.1, -0.05) is 18.9 Å². The van der Waals surface area contributed by atoms with Crippen molar-refractivity contribution in [2.24, 2.45) is 5.92 Å². The van der Waals surface area contributed by atoms with E-state index < -0.39 is 0 Å². The molecule has 1 aromatic carbocycles. The Bertz CT molecular complexity index is 530. The Kier molecular flexibility index (Phi) is 3.86. The zero-order valence-corrected chi connectivity index (χ0v) is 11.8. The van der Waals surface area contributed by atoms with Crippen LogP contribution in [0.3, 0.4) is 0 Å². The lowest BCUT2D eigenvalue weighted by atomic mass is 9.90. The molecule has 3 nitrogen and oxygen atoms in total. The molecule has 1 N–H and O–H groups in total. The van der Waals surface area contributed by atoms with E-state index in [9.17, 15) is 9.59 Å². The molecule has 20 heavy (non-hydrogen) atoms. The molecule has 0 atom stereocenters. The maximum absolute atomic E-state index is 12.0. The summed E-state index contributed by atoms with van der Waals surface area (Å²) in [5.74, 6) is 0.840. The van der Waals surface area contributed by atoms with Crippen molar-refractivity contribution in [3.63, 3.8) is 0 Å². The fourth-order valence-corrected chi connectivity index (χ4v) is 3.39. The normalized spacial score (nSPS) is 18.9. The van der Waals surface area contributed by atoms with Crippen LogP contribution in [0.25, 0.3) is 0 Å². The summed E-state index contributed by atoms with van der Waals surface area (Å²) in [7, 11) is 0. The van der Waals surface area contributed by atoms with Crippen molar-refractivity contribution in [2.75, 3.05) is 5.32 Å². The Labute approximate surface area is 119 Å². The van der Waals surface area contributed by atoms with Gasteiger partial charge < -0.3 is 5.32 Å². The average molecular weight is 271 g/mol. The molecule has 0 aliphatic heterocycles. The van der Waals surface area contributed by atoms with Gasteiger partial charge in [-0.15, -0.1) is 0 Å². The molecule has 3 heteroatoms. The predicted molar refractivity (Wildman–Crippen MR) is 78.9 cm³/mol. The van der Waals surface area contributed by atoms with Gasteiger partial charge >= 0.3 is 0 Å². The molecule has 2 aliphatic carbocycles. The minimum Gasteiger partial charge on any atom is -0.326 e. The number of aryl methyl sites for hydroxylation is 1. The Morgan fingerprint density at radius 1 is 1.15 bits per heavy atom. The van der Waals surface area contributed by atoms with Crippen molar-refractivity contribution in [1.29, 1.82) is 0 Å². The molecule has 0 bridgehead atoms. The highest BCUT2D eigenvalue weighted by atomic mass is 16.1. The Morgan fingerprint density at radius 2 is 1.95 bits per heavy atom. The monoisotopic (exact) mass is 271 g/mol. The van der Waals surface area contributed by atoms with Crippen LogP contribution in [-0.4, -0.2) is 11.7 Å². The first-order valence-corrected chi connectivity index (χ1v) is 7.68. The van der Waals surface area contributed by atoms with Crippen LogP contribution >= 0.6 is 0 Å². The first-order valence-electron chi connectivity index (χ1n) is 7.68. The van der Waals surface area contributed by atoms with E-state index in [2.05, 4.69) is 5.32 Å². The van der Waals surface area contributed by atoms with E-state index >= 15 is 0 Å². The molecule has 0 spiro atoms. The van der Waals surface area contributed by atoms with Gasteiger partial charge in [0.25, 0.3) is 0 Å². The van der Waals surface area contributed by atoms with E-state index in [1.54, 1.807) is 0 Å². The fourth-order valence-electron chi connectivity index (χ4n) is 3.39. The smallest absolute Gasteiger partial charge is 0.224 e. The van der Waals surface area contributed by atoms with Crippen molar-refractivity contribution in [2.45, 2.75) is 51.4 Å². The number of rotatable bonds is 3. The third-order valence-corrected chi connectivity index (χ3v) is 4.49. The second-order valence-corrected chi connectivity index (χ2v) is 6.05. The van der Waals surface area contributed by atoms with Crippen LogP contribution in [0.1, 0.15) is 60.9 Å². The maximum atomic E-state index is 12.0. The van der Waals surface area contributed by atoms with Gasteiger partial charge in [-0.2, -0.15) is 0 Å². The summed E-state index contributed by atoms with van der Waals surface area (Å²) in [6, 6.07) is 5.75. The Hall–Kier alpha value is -1.64. The molecule has 1 fully saturated rings. The number of hydrogen-bond donors (Lipinski definition) is 1. The van der Waals surface area contributed by atoms with Gasteiger partial charge in [0.15, 0.2) is 5.78 Å². The number of carbonyl (C=O) groups excluding carboxylic acids is 2. The van der Waals surface area contributed by atoms with E-state index in [1.807, 2.05) is 18.2 Å². The second-order valence-electron chi connectivity index (χ2n) is 6.05. The van der Waals surface area contributed by atoms with E-state index in [1.165, 1.54) is 25.7 Å². The third-order valence-electron chi connectivity index (χ3n) is 4.49. The highest BCUT2D eigenvalue weighted by molar-refractivity contribution is 6.00. The standard InChI is InChI=1S/C17H21NO2/c19-16-7-3-6-13-8-9-14(11-15(13)16)18-17(20)10-12-4-1-2-5-12/h8-9,11-12H,1-7,10H2,(H,18,20). The van der Waals surface area contributed by atoms with Crippen LogP contribution in [0.15, 0.2) is 18.2 Å². The largest absolute Gasteiger partial charge is 0.326 e. The molecule has 1 aromatic rings. The highest BCUT2D eigenvalue weighted by Gasteiger charge is 2.20. The topological polar surface area (TPSA) is 46.2 Å². The molecule has 0 radical (unpaired) electrons. The second kappa shape index (κ2) is 5.78. The first kappa shape index (κ1) is 13.3. The zero-order chi connectivity index (χ0) is 13.9. The maximum Gasteiger partial charge on any atom is 0.224 e. The summed E-state index contributed by atoms with van der Waals surface area (Å²) in [5.41, 5.74) is 2.69. The van der Waals surface area contributed by atoms with Crippen LogP contribution in [0.4, 0.5) is 5.69 Å². The van der Waals surface area contributed by atoms with Crippen molar-refractivity contribution >= 4 is 17.4 Å². The van der Waals surface area contributed by atoms with Gasteiger partial charge in [0.1, 0.15) is 0 Å². The minimum absolute atomic E-state index is 0.0834. The molecule has 3 rings (SSSR count). The molecule has 0 unspecified atom stereocenters. The summed E-state index contributed by atoms with van der Waals surface area (Å²) >= 11 is 0. The summed E-state index contributed by atoms with van der Waals surface area (Å²) in [5, 5.41) is 2.95. The Balaban J connectivity index is 1.66. The number of carbonyl (C=O) groups is 2. The van der Waals surface area contributed by atoms with Gasteiger partial charge in [0, 0.05) is 24.1 Å². The van der Waals surface area contributed by atoms with Crippen molar-refractivity contribution in [3.05, 3.63) is 29.3 Å². The van der Waals surface area contributed by atoms with Gasteiger partial charge in [-0.05, 0) is 49.3 Å². The molecule has 1 amide bonds. The quantitative estimate of drug-likeness (QED) is 0.910. The lowest BCUT2D eigenvalue weighted by Crippen LogP contribution is -2.16. The number of ketones is 1. The number of Topliss-reactive ketones (excluding diaryl/α,β-unsaturated/α-hetero) is 1. The summed E-state index contributed by atoms with van der Waals surface area (Å²) < 4.78 is 0. The van der Waals surface area contributed by atoms with Gasteiger partial charge in [-0.25, -0.2) is 0 Å². The fraction of sp³-hybridized carbons (Fsp3) is 0.529. The molecule has 2 aliphatic rings. The molecular formula is C17H21NO2. The van der Waals surface area contributed by atoms with Crippen molar-refractivity contribution < 1.29 is 9.59 Å². The van der Waals surface area contributed by atoms with Gasteiger partial charge in [0.05, 0.1) is 0 Å². The number of amides is 1. The van der Waals surface area contributed by atoms with Gasteiger partial charge in [0.2, 0.25) is 5.91 Å². The summed E-state index contributed by atoms with van der Waals surface area (Å²) in [4.78, 5) is 23.9. The summed E-state index contributed by atoms with van der Waals surface area (Å²) in [6.07, 6.45) is 8.02. The molecule has 1 saturated carbocycles. The number of fused-ring (bicyclic) bond motifs is 1. The number of nitrogens with one attached hydrogen (secondary N) is 1. The SMILES string of the molecule is O=C(CC1CCCC1)Nc1ccc2c(c1)C(=O)CCC2. The first-order chi connectivity index (χ1) is 9.72. The number of anilines is 1. The van der Waals surface area contributed by atoms with Crippen molar-refractivity contribution in [1.82, 2.24) is 0 Å². The summed E-state index contributed by atoms with van der Waals surface area (Å²) in [6.45, 7) is 0. The van der Waals surface area contributed by atoms with Crippen LogP contribution in [-0.2, 0) is 11.2 Å². The van der Waals surface area contributed by atoms with Crippen LogP contribution in [0, 0.1) is 5.92 Å². The van der Waals surface area contributed by atoms with Crippen LogP contribution < -0.4 is 5.32 Å². The lowest BCUT2D eigenvalue weighted by Gasteiger charge is -2.16. The van der Waals surface area contributed by atoms with Gasteiger partial charge in [-0.3, -0.25) is 9.59 Å². The number of benzene rings is 1. The van der Waals surface area contributed by atoms with E-state index in [4.69, 9.17) is 0 Å². The lowest BCUT2D eigenvalue weighted by molar-refractivity contribution is -0.117. The molecular weight excluding hydrogens is 250 g/mol. The third kappa shape index (κ3) is 2.92. The van der Waals surface area contributed by atoms with E-state index in [0.29, 0.717) is 18.8 Å². The average Bonchev–Trinajstić information content (AvgIpc) is 2.92. The van der Waals surface area contributed by atoms with E-state index in [-0.39, 0.29) is 11.7 Å². The molecule has 0 aromatic heterocycles.